The Balaban J connectivity index is 1.68. The molecular weight excluding hydrogens is 404 g/mol. The van der Waals surface area contributed by atoms with E-state index in [0.717, 1.165) is 17.9 Å². The maximum atomic E-state index is 12.8. The number of hydrogen-bond donors (Lipinski definition) is 1. The van der Waals surface area contributed by atoms with Crippen molar-refractivity contribution >= 4 is 11.6 Å². The molecule has 0 fully saturated rings. The zero-order chi connectivity index (χ0) is 22.9. The topological polar surface area (TPSA) is 69.7 Å². The zero-order valence-electron chi connectivity index (χ0n) is 19.1. The van der Waals surface area contributed by atoms with Crippen LogP contribution in [0.5, 0.6) is 17.2 Å². The molecule has 0 aliphatic carbocycles. The van der Waals surface area contributed by atoms with Crippen molar-refractivity contribution in [1.82, 2.24) is 4.98 Å². The molecule has 6 nitrogen and oxygen atoms in total. The van der Waals surface area contributed by atoms with Crippen molar-refractivity contribution < 1.29 is 19.0 Å². The summed E-state index contributed by atoms with van der Waals surface area (Å²) in [6.45, 7) is 9.06. The van der Waals surface area contributed by atoms with Crippen molar-refractivity contribution in [2.75, 3.05) is 18.5 Å². The molecule has 6 heteroatoms. The molecule has 0 saturated carbocycles. The summed E-state index contributed by atoms with van der Waals surface area (Å²) in [6, 6.07) is 18.3. The predicted octanol–water partition coefficient (Wildman–Crippen LogP) is 6.32. The number of aryl methyl sites for hydroxylation is 1. The van der Waals surface area contributed by atoms with Gasteiger partial charge in [-0.25, -0.2) is 0 Å². The van der Waals surface area contributed by atoms with Crippen LogP contribution in [0, 0.1) is 6.92 Å². The highest BCUT2D eigenvalue weighted by atomic mass is 16.5. The van der Waals surface area contributed by atoms with E-state index < -0.39 is 0 Å². The number of anilines is 1. The summed E-state index contributed by atoms with van der Waals surface area (Å²) in [5, 5.41) is 2.93. The minimum atomic E-state index is -0.223. The molecule has 0 aliphatic rings. The van der Waals surface area contributed by atoms with E-state index in [9.17, 15) is 4.79 Å². The van der Waals surface area contributed by atoms with Gasteiger partial charge in [-0.15, -0.1) is 0 Å². The number of hydrogen-bond acceptors (Lipinski definition) is 5. The van der Waals surface area contributed by atoms with Crippen LogP contribution in [0.1, 0.15) is 55.0 Å². The second-order valence-corrected chi connectivity index (χ2v) is 7.37. The first-order chi connectivity index (χ1) is 15.5. The normalized spacial score (nSPS) is 11.6. The second-order valence-electron chi connectivity index (χ2n) is 7.37. The van der Waals surface area contributed by atoms with Gasteiger partial charge in [0.25, 0.3) is 5.91 Å². The third kappa shape index (κ3) is 6.31. The van der Waals surface area contributed by atoms with Gasteiger partial charge in [-0.3, -0.25) is 9.78 Å². The number of nitrogens with one attached hydrogen (secondary N) is 1. The molecule has 0 aliphatic heterocycles. The Morgan fingerprint density at radius 3 is 2.44 bits per heavy atom. The molecule has 1 aromatic heterocycles. The first kappa shape index (κ1) is 23.3. The van der Waals surface area contributed by atoms with Crippen LogP contribution in [-0.4, -0.2) is 24.1 Å². The van der Waals surface area contributed by atoms with E-state index in [2.05, 4.69) is 17.2 Å². The third-order valence-electron chi connectivity index (χ3n) is 4.78. The fourth-order valence-electron chi connectivity index (χ4n) is 3.19. The van der Waals surface area contributed by atoms with Gasteiger partial charge >= 0.3 is 0 Å². The molecule has 168 valence electrons. The number of carbonyl (C=O) groups excluding carboxylic acids is 1. The standard InChI is InChI=1S/C26H30N2O4/c1-5-15-31-19(4)25-14-13-24(18(3)27-25)26(29)28-20-9-7-11-22(16-20)32-23-12-8-10-21(17-23)30-6-2/h7-14,16-17,19H,5-6,15H2,1-4H3,(H,28,29). The lowest BCUT2D eigenvalue weighted by atomic mass is 10.1. The van der Waals surface area contributed by atoms with Gasteiger partial charge in [-0.1, -0.05) is 19.1 Å². The van der Waals surface area contributed by atoms with Gasteiger partial charge in [0, 0.05) is 24.4 Å². The smallest absolute Gasteiger partial charge is 0.257 e. The number of rotatable bonds is 10. The van der Waals surface area contributed by atoms with Crippen LogP contribution in [0.4, 0.5) is 5.69 Å². The molecule has 1 N–H and O–H groups in total. The number of nitrogens with zero attached hydrogens (tertiary/aromatic N) is 1. The summed E-state index contributed by atoms with van der Waals surface area (Å²) in [6.07, 6.45) is 0.839. The van der Waals surface area contributed by atoms with E-state index in [-0.39, 0.29) is 12.0 Å². The first-order valence-electron chi connectivity index (χ1n) is 10.9. The number of pyridine rings is 1. The molecule has 1 unspecified atom stereocenters. The lowest BCUT2D eigenvalue weighted by Crippen LogP contribution is -2.15. The van der Waals surface area contributed by atoms with Crippen molar-refractivity contribution in [3.05, 3.63) is 77.6 Å². The van der Waals surface area contributed by atoms with E-state index >= 15 is 0 Å². The fourth-order valence-corrected chi connectivity index (χ4v) is 3.19. The summed E-state index contributed by atoms with van der Waals surface area (Å²) in [5.74, 6) is 1.80. The number of ether oxygens (including phenoxy) is 3. The van der Waals surface area contributed by atoms with E-state index in [1.54, 1.807) is 12.1 Å². The van der Waals surface area contributed by atoms with Crippen molar-refractivity contribution in [1.29, 1.82) is 0 Å². The van der Waals surface area contributed by atoms with Crippen LogP contribution in [0.3, 0.4) is 0 Å². The summed E-state index contributed by atoms with van der Waals surface area (Å²) < 4.78 is 17.2. The molecule has 3 rings (SSSR count). The average Bonchev–Trinajstić information content (AvgIpc) is 2.78. The van der Waals surface area contributed by atoms with Crippen molar-refractivity contribution in [3.63, 3.8) is 0 Å². The molecule has 32 heavy (non-hydrogen) atoms. The summed E-state index contributed by atoms with van der Waals surface area (Å²) >= 11 is 0. The minimum Gasteiger partial charge on any atom is -0.494 e. The Bertz CT molecular complexity index is 1050. The number of benzene rings is 2. The second kappa shape index (κ2) is 11.3. The Morgan fingerprint density at radius 1 is 1.00 bits per heavy atom. The van der Waals surface area contributed by atoms with Gasteiger partial charge < -0.3 is 19.5 Å². The van der Waals surface area contributed by atoms with Gasteiger partial charge in [0.05, 0.1) is 29.7 Å². The Labute approximate surface area is 189 Å². The van der Waals surface area contributed by atoms with Gasteiger partial charge in [0.15, 0.2) is 0 Å². The summed E-state index contributed by atoms with van der Waals surface area (Å²) in [4.78, 5) is 17.4. The quantitative estimate of drug-likeness (QED) is 0.404. The minimum absolute atomic E-state index is 0.110. The predicted molar refractivity (Wildman–Crippen MR) is 126 cm³/mol. The third-order valence-corrected chi connectivity index (χ3v) is 4.78. The Kier molecular flexibility index (Phi) is 8.22. The Hall–Kier alpha value is -3.38. The molecule has 1 atom stereocenters. The van der Waals surface area contributed by atoms with Crippen LogP contribution < -0.4 is 14.8 Å². The van der Waals surface area contributed by atoms with Crippen LogP contribution in [0.25, 0.3) is 0 Å². The maximum absolute atomic E-state index is 12.8. The van der Waals surface area contributed by atoms with Crippen LogP contribution in [0.2, 0.25) is 0 Å². The van der Waals surface area contributed by atoms with E-state index in [4.69, 9.17) is 14.2 Å². The number of amides is 1. The molecule has 0 radical (unpaired) electrons. The molecule has 1 amide bonds. The first-order valence-corrected chi connectivity index (χ1v) is 10.9. The van der Waals surface area contributed by atoms with Gasteiger partial charge in [-0.05, 0) is 63.6 Å². The lowest BCUT2D eigenvalue weighted by molar-refractivity contribution is 0.0632. The lowest BCUT2D eigenvalue weighted by Gasteiger charge is -2.14. The molecule has 2 aromatic carbocycles. The van der Waals surface area contributed by atoms with Crippen molar-refractivity contribution in [2.45, 2.75) is 40.2 Å². The fraction of sp³-hybridized carbons (Fsp3) is 0.308. The number of aromatic nitrogens is 1. The van der Waals surface area contributed by atoms with Crippen LogP contribution in [-0.2, 0) is 4.74 Å². The van der Waals surface area contributed by atoms with Crippen molar-refractivity contribution in [2.24, 2.45) is 0 Å². The summed E-state index contributed by atoms with van der Waals surface area (Å²) in [7, 11) is 0. The highest BCUT2D eigenvalue weighted by molar-refractivity contribution is 6.05. The van der Waals surface area contributed by atoms with E-state index in [1.807, 2.05) is 69.3 Å². The van der Waals surface area contributed by atoms with E-state index in [1.165, 1.54) is 0 Å². The Morgan fingerprint density at radius 2 is 1.72 bits per heavy atom. The highest BCUT2D eigenvalue weighted by Crippen LogP contribution is 2.27. The zero-order valence-corrected chi connectivity index (χ0v) is 19.1. The highest BCUT2D eigenvalue weighted by Gasteiger charge is 2.14. The monoisotopic (exact) mass is 434 g/mol. The maximum Gasteiger partial charge on any atom is 0.257 e. The van der Waals surface area contributed by atoms with Gasteiger partial charge in [-0.2, -0.15) is 0 Å². The van der Waals surface area contributed by atoms with Crippen LogP contribution in [0.15, 0.2) is 60.7 Å². The molecule has 0 saturated heterocycles. The SMILES string of the molecule is CCCOC(C)c1ccc(C(=O)Nc2cccc(Oc3cccc(OCC)c3)c2)c(C)n1. The van der Waals surface area contributed by atoms with Gasteiger partial charge in [0.2, 0.25) is 0 Å². The average molecular weight is 435 g/mol. The van der Waals surface area contributed by atoms with E-state index in [0.29, 0.717) is 41.7 Å². The molecule has 0 bridgehead atoms. The summed E-state index contributed by atoms with van der Waals surface area (Å²) in [5.41, 5.74) is 2.63. The molecule has 0 spiro atoms. The molecular formula is C26H30N2O4. The van der Waals surface area contributed by atoms with Gasteiger partial charge in [0.1, 0.15) is 17.2 Å². The number of carbonyl (C=O) groups is 1. The van der Waals surface area contributed by atoms with Crippen molar-refractivity contribution in [3.8, 4) is 17.2 Å². The molecule has 1 heterocycles. The molecule has 3 aromatic rings. The van der Waals surface area contributed by atoms with Crippen LogP contribution >= 0.6 is 0 Å². The largest absolute Gasteiger partial charge is 0.494 e.